The highest BCUT2D eigenvalue weighted by molar-refractivity contribution is 6.77. The van der Waals surface area contributed by atoms with Crippen LogP contribution in [0.15, 0.2) is 0 Å². The van der Waals surface area contributed by atoms with E-state index < -0.39 is 17.6 Å². The van der Waals surface area contributed by atoms with E-state index in [2.05, 4.69) is 19.6 Å². The third-order valence-corrected chi connectivity index (χ3v) is 6.29. The largest absolute Gasteiger partial charge is 0.438 e. The molecule has 0 aromatic heterocycles. The van der Waals surface area contributed by atoms with Crippen molar-refractivity contribution in [3.63, 3.8) is 0 Å². The van der Waals surface area contributed by atoms with E-state index in [1.165, 1.54) is 0 Å². The molecule has 0 spiro atoms. The van der Waals surface area contributed by atoms with Crippen molar-refractivity contribution in [1.29, 1.82) is 0 Å². The van der Waals surface area contributed by atoms with Crippen molar-refractivity contribution >= 4 is 29.2 Å². The van der Waals surface area contributed by atoms with Crippen LogP contribution in [0.3, 0.4) is 0 Å². The normalized spacial score (nSPS) is 15.3. The predicted molar refractivity (Wildman–Crippen MR) is 49.3 cm³/mol. The molecule has 0 N–H and O–H groups in total. The average Bonchev–Trinajstić information content (AvgIpc) is 1.81. The van der Waals surface area contributed by atoms with E-state index in [1.807, 2.05) is 0 Å². The number of rotatable bonds is 4. The average molecular weight is 199 g/mol. The second-order valence-electron chi connectivity index (χ2n) is 3.05. The van der Waals surface area contributed by atoms with Crippen LogP contribution in [-0.2, 0) is 8.54 Å². The first-order valence-electron chi connectivity index (χ1n) is 3.26. The summed E-state index contributed by atoms with van der Waals surface area (Å²) < 4.78 is 10.8. The highest BCUT2D eigenvalue weighted by Crippen LogP contribution is 2.05. The number of alkyl halides is 1. The molecule has 0 bridgehead atoms. The van der Waals surface area contributed by atoms with E-state index in [1.54, 1.807) is 7.11 Å². The molecule has 1 atom stereocenters. The zero-order valence-electron chi connectivity index (χ0n) is 6.98. The van der Waals surface area contributed by atoms with Gasteiger partial charge in [-0.2, -0.15) is 0 Å². The van der Waals surface area contributed by atoms with Gasteiger partial charge < -0.3 is 8.54 Å². The van der Waals surface area contributed by atoms with Crippen LogP contribution in [0.4, 0.5) is 0 Å². The quantitative estimate of drug-likeness (QED) is 0.504. The summed E-state index contributed by atoms with van der Waals surface area (Å²) in [5, 5.41) is 0. The SMILES string of the molecule is CO[SiH](CCl)O[Si](C)(C)C. The summed E-state index contributed by atoms with van der Waals surface area (Å²) in [5.74, 6) is 0. The number of hydrogen-bond acceptors (Lipinski definition) is 2. The second-order valence-corrected chi connectivity index (χ2v) is 10.8. The molecule has 0 aliphatic heterocycles. The first-order chi connectivity index (χ1) is 4.49. The van der Waals surface area contributed by atoms with Gasteiger partial charge in [0.15, 0.2) is 8.32 Å². The van der Waals surface area contributed by atoms with Gasteiger partial charge in [0.25, 0.3) is 0 Å². The van der Waals surface area contributed by atoms with Gasteiger partial charge in [-0.3, -0.25) is 0 Å². The third-order valence-electron chi connectivity index (χ3n) is 0.874. The van der Waals surface area contributed by atoms with Crippen molar-refractivity contribution in [3.05, 3.63) is 0 Å². The number of hydrogen-bond donors (Lipinski definition) is 0. The maximum absolute atomic E-state index is 5.66. The molecule has 1 unspecified atom stereocenters. The fourth-order valence-corrected chi connectivity index (χ4v) is 5.40. The molecule has 0 amide bonds. The minimum absolute atomic E-state index is 0.542. The fourth-order valence-electron chi connectivity index (χ4n) is 0.537. The molecule has 0 fully saturated rings. The molecular formula is C5H15ClO2Si2. The molecule has 5 heteroatoms. The third kappa shape index (κ3) is 5.43. The van der Waals surface area contributed by atoms with Crippen LogP contribution in [0, 0.1) is 0 Å². The van der Waals surface area contributed by atoms with Gasteiger partial charge >= 0.3 is 9.28 Å². The Morgan fingerprint density at radius 3 is 2.00 bits per heavy atom. The van der Waals surface area contributed by atoms with Crippen LogP contribution < -0.4 is 0 Å². The molecule has 10 heavy (non-hydrogen) atoms. The van der Waals surface area contributed by atoms with E-state index in [0.29, 0.717) is 5.50 Å². The summed E-state index contributed by atoms with van der Waals surface area (Å²) in [5.41, 5.74) is 0.542. The first kappa shape index (κ1) is 10.6. The van der Waals surface area contributed by atoms with Crippen LogP contribution in [0.25, 0.3) is 0 Å². The van der Waals surface area contributed by atoms with Crippen molar-refractivity contribution < 1.29 is 8.54 Å². The summed E-state index contributed by atoms with van der Waals surface area (Å²) in [6.45, 7) is 6.41. The molecule has 0 saturated heterocycles. The van der Waals surface area contributed by atoms with E-state index in [9.17, 15) is 0 Å². The Kier molecular flexibility index (Phi) is 4.80. The molecule has 0 heterocycles. The molecule has 2 nitrogen and oxygen atoms in total. The predicted octanol–water partition coefficient (Wildman–Crippen LogP) is 1.48. The van der Waals surface area contributed by atoms with Crippen molar-refractivity contribution in [3.8, 4) is 0 Å². The van der Waals surface area contributed by atoms with Crippen molar-refractivity contribution in [2.24, 2.45) is 0 Å². The lowest BCUT2D eigenvalue weighted by molar-refractivity contribution is 0.338. The fraction of sp³-hybridized carbons (Fsp3) is 1.00. The maximum Gasteiger partial charge on any atom is 0.326 e. The van der Waals surface area contributed by atoms with Gasteiger partial charge in [-0.05, 0) is 19.6 Å². The Bertz CT molecular complexity index is 90.1. The van der Waals surface area contributed by atoms with Crippen molar-refractivity contribution in [2.45, 2.75) is 19.6 Å². The van der Waals surface area contributed by atoms with E-state index in [-0.39, 0.29) is 0 Å². The first-order valence-corrected chi connectivity index (χ1v) is 8.96. The zero-order valence-corrected chi connectivity index (χ0v) is 9.89. The monoisotopic (exact) mass is 198 g/mol. The summed E-state index contributed by atoms with van der Waals surface area (Å²) in [6, 6.07) is 0. The summed E-state index contributed by atoms with van der Waals surface area (Å²) >= 11 is 5.61. The van der Waals surface area contributed by atoms with Crippen LogP contribution in [0.2, 0.25) is 19.6 Å². The standard InChI is InChI=1S/C5H15ClO2Si2/c1-7-9(5-6)8-10(2,3)4/h9H,5H2,1-4H3. The maximum atomic E-state index is 5.66. The lowest BCUT2D eigenvalue weighted by Gasteiger charge is -2.22. The Morgan fingerprint density at radius 1 is 1.40 bits per heavy atom. The van der Waals surface area contributed by atoms with Crippen molar-refractivity contribution in [1.82, 2.24) is 0 Å². The minimum atomic E-state index is -1.49. The van der Waals surface area contributed by atoms with E-state index in [4.69, 9.17) is 20.1 Å². The Balaban J connectivity index is 3.63. The van der Waals surface area contributed by atoms with Crippen molar-refractivity contribution in [2.75, 3.05) is 12.6 Å². The summed E-state index contributed by atoms with van der Waals surface area (Å²) in [6.07, 6.45) is 0. The van der Waals surface area contributed by atoms with Gasteiger partial charge in [-0.15, -0.1) is 11.6 Å². The summed E-state index contributed by atoms with van der Waals surface area (Å²) in [4.78, 5) is 0. The van der Waals surface area contributed by atoms with Gasteiger partial charge in [-0.25, -0.2) is 0 Å². The molecule has 0 saturated carbocycles. The van der Waals surface area contributed by atoms with Gasteiger partial charge in [0.05, 0.1) is 5.50 Å². The minimum Gasteiger partial charge on any atom is -0.438 e. The highest BCUT2D eigenvalue weighted by Gasteiger charge is 2.21. The van der Waals surface area contributed by atoms with E-state index in [0.717, 1.165) is 0 Å². The molecule has 0 aromatic rings. The molecule has 0 rings (SSSR count). The smallest absolute Gasteiger partial charge is 0.326 e. The van der Waals surface area contributed by atoms with Crippen LogP contribution in [0.1, 0.15) is 0 Å². The highest BCUT2D eigenvalue weighted by atomic mass is 35.5. The molecule has 0 aliphatic carbocycles. The van der Waals surface area contributed by atoms with Crippen LogP contribution in [-0.4, -0.2) is 30.2 Å². The second kappa shape index (κ2) is 4.51. The van der Waals surface area contributed by atoms with Gasteiger partial charge in [0.1, 0.15) is 0 Å². The lowest BCUT2D eigenvalue weighted by Crippen LogP contribution is -2.37. The molecule has 62 valence electrons. The number of halogens is 1. The van der Waals surface area contributed by atoms with Crippen LogP contribution in [0.5, 0.6) is 0 Å². The molecule has 0 aromatic carbocycles. The molecular weight excluding hydrogens is 184 g/mol. The Morgan fingerprint density at radius 2 is 1.90 bits per heavy atom. The molecule has 0 radical (unpaired) electrons. The van der Waals surface area contributed by atoms with E-state index >= 15 is 0 Å². The lowest BCUT2D eigenvalue weighted by atomic mass is 11.8. The Labute approximate surface area is 70.5 Å². The van der Waals surface area contributed by atoms with Gasteiger partial charge in [0.2, 0.25) is 0 Å². The topological polar surface area (TPSA) is 18.5 Å². The van der Waals surface area contributed by atoms with Gasteiger partial charge in [0, 0.05) is 7.11 Å². The summed E-state index contributed by atoms with van der Waals surface area (Å²) in [7, 11) is -1.23. The van der Waals surface area contributed by atoms with Gasteiger partial charge in [-0.1, -0.05) is 0 Å². The zero-order chi connectivity index (χ0) is 8.20. The van der Waals surface area contributed by atoms with Crippen LogP contribution >= 0.6 is 11.6 Å². The molecule has 0 aliphatic rings. The Hall–Kier alpha value is 0.644.